The van der Waals surface area contributed by atoms with Crippen molar-refractivity contribution in [3.05, 3.63) is 114 Å². The summed E-state index contributed by atoms with van der Waals surface area (Å²) in [6.07, 6.45) is 0. The summed E-state index contributed by atoms with van der Waals surface area (Å²) in [5.41, 5.74) is 5.02. The molecule has 0 fully saturated rings. The summed E-state index contributed by atoms with van der Waals surface area (Å²) in [5, 5.41) is 5.66. The van der Waals surface area contributed by atoms with E-state index >= 15 is 0 Å². The molecule has 5 nitrogen and oxygen atoms in total. The number of benzene rings is 4. The van der Waals surface area contributed by atoms with Crippen molar-refractivity contribution in [3.63, 3.8) is 0 Å². The molecule has 0 aromatic heterocycles. The molecule has 0 spiro atoms. The number of rotatable bonds is 7. The second kappa shape index (κ2) is 10.3. The van der Waals surface area contributed by atoms with Gasteiger partial charge in [-0.25, -0.2) is 0 Å². The van der Waals surface area contributed by atoms with Gasteiger partial charge < -0.3 is 15.4 Å². The first-order valence-corrected chi connectivity index (χ1v) is 10.6. The van der Waals surface area contributed by atoms with Crippen LogP contribution in [0.25, 0.3) is 11.1 Å². The molecule has 0 aliphatic heterocycles. The highest BCUT2D eigenvalue weighted by Crippen LogP contribution is 2.22. The van der Waals surface area contributed by atoms with Crippen molar-refractivity contribution in [1.82, 2.24) is 0 Å². The smallest absolute Gasteiger partial charge is 0.262 e. The molecule has 164 valence electrons. The second-order valence-electron chi connectivity index (χ2n) is 7.57. The number of amides is 2. The Bertz CT molecular complexity index is 1230. The average molecular weight is 437 g/mol. The van der Waals surface area contributed by atoms with Gasteiger partial charge in [-0.1, -0.05) is 60.7 Å². The molecule has 2 amide bonds. The number of carbonyl (C=O) groups excluding carboxylic acids is 2. The number of ether oxygens (including phenoxy) is 1. The molecule has 0 aliphatic carbocycles. The fourth-order valence-electron chi connectivity index (χ4n) is 3.38. The van der Waals surface area contributed by atoms with Gasteiger partial charge in [0.2, 0.25) is 0 Å². The lowest BCUT2D eigenvalue weighted by atomic mass is 10.1. The van der Waals surface area contributed by atoms with E-state index in [9.17, 15) is 9.59 Å². The van der Waals surface area contributed by atoms with Crippen molar-refractivity contribution >= 4 is 23.2 Å². The van der Waals surface area contributed by atoms with E-state index in [-0.39, 0.29) is 18.4 Å². The number of hydrogen-bond donors (Lipinski definition) is 2. The van der Waals surface area contributed by atoms with E-state index in [0.29, 0.717) is 22.7 Å². The summed E-state index contributed by atoms with van der Waals surface area (Å²) in [6.45, 7) is 1.80. The van der Waals surface area contributed by atoms with Gasteiger partial charge in [0, 0.05) is 16.9 Å². The summed E-state index contributed by atoms with van der Waals surface area (Å²) >= 11 is 0. The van der Waals surface area contributed by atoms with Crippen LogP contribution in [0.15, 0.2) is 103 Å². The van der Waals surface area contributed by atoms with Crippen LogP contribution >= 0.6 is 0 Å². The first kappa shape index (κ1) is 21.8. The van der Waals surface area contributed by atoms with Gasteiger partial charge in [-0.15, -0.1) is 0 Å². The van der Waals surface area contributed by atoms with Crippen LogP contribution in [0.3, 0.4) is 0 Å². The molecule has 0 aliphatic rings. The van der Waals surface area contributed by atoms with E-state index < -0.39 is 0 Å². The maximum atomic E-state index is 12.4. The van der Waals surface area contributed by atoms with Crippen molar-refractivity contribution < 1.29 is 14.3 Å². The third kappa shape index (κ3) is 5.86. The predicted octanol–water partition coefficient (Wildman–Crippen LogP) is 5.93. The normalized spacial score (nSPS) is 10.3. The number of hydrogen-bond acceptors (Lipinski definition) is 3. The molecular weight excluding hydrogens is 412 g/mol. The van der Waals surface area contributed by atoms with Crippen molar-refractivity contribution in [2.45, 2.75) is 6.92 Å². The lowest BCUT2D eigenvalue weighted by molar-refractivity contribution is -0.118. The van der Waals surface area contributed by atoms with E-state index in [1.54, 1.807) is 30.3 Å². The molecule has 0 radical (unpaired) electrons. The number of anilines is 2. The van der Waals surface area contributed by atoms with Gasteiger partial charge in [0.25, 0.3) is 11.8 Å². The molecule has 5 heteroatoms. The van der Waals surface area contributed by atoms with Gasteiger partial charge >= 0.3 is 0 Å². The van der Waals surface area contributed by atoms with Crippen LogP contribution in [-0.2, 0) is 4.79 Å². The highest BCUT2D eigenvalue weighted by atomic mass is 16.5. The topological polar surface area (TPSA) is 67.4 Å². The molecule has 4 aromatic rings. The van der Waals surface area contributed by atoms with E-state index in [2.05, 4.69) is 10.6 Å². The maximum Gasteiger partial charge on any atom is 0.262 e. The quantitative estimate of drug-likeness (QED) is 0.377. The first-order valence-electron chi connectivity index (χ1n) is 10.6. The third-order valence-corrected chi connectivity index (χ3v) is 5.15. The second-order valence-corrected chi connectivity index (χ2v) is 7.57. The maximum absolute atomic E-state index is 12.4. The molecule has 2 N–H and O–H groups in total. The number of aryl methyl sites for hydroxylation is 1. The highest BCUT2D eigenvalue weighted by Gasteiger charge is 2.09. The Morgan fingerprint density at radius 3 is 1.91 bits per heavy atom. The van der Waals surface area contributed by atoms with E-state index in [1.165, 1.54) is 0 Å². The fraction of sp³-hybridized carbons (Fsp3) is 0.0714. The van der Waals surface area contributed by atoms with Crippen molar-refractivity contribution in [2.24, 2.45) is 0 Å². The third-order valence-electron chi connectivity index (χ3n) is 5.15. The standard InChI is InChI=1S/C28H24N2O3/c1-20-7-5-6-10-26(20)28(32)30-24-15-13-23(14-16-24)29-27(31)19-33-25-17-11-22(12-18-25)21-8-3-2-4-9-21/h2-18H,19H2,1H3,(H,29,31)(H,30,32). The van der Waals surface area contributed by atoms with Crippen molar-refractivity contribution in [3.8, 4) is 16.9 Å². The molecule has 0 atom stereocenters. The number of carbonyl (C=O) groups is 2. The Balaban J connectivity index is 1.27. The van der Waals surface area contributed by atoms with Gasteiger partial charge in [-0.05, 0) is 66.1 Å². The van der Waals surface area contributed by atoms with Crippen LogP contribution in [0.2, 0.25) is 0 Å². The minimum atomic E-state index is -0.265. The monoisotopic (exact) mass is 436 g/mol. The van der Waals surface area contributed by atoms with Crippen LogP contribution < -0.4 is 15.4 Å². The molecule has 0 saturated carbocycles. The Morgan fingerprint density at radius 1 is 0.667 bits per heavy atom. The van der Waals surface area contributed by atoms with Crippen LogP contribution in [0.1, 0.15) is 15.9 Å². The zero-order valence-corrected chi connectivity index (χ0v) is 18.2. The van der Waals surface area contributed by atoms with Crippen molar-refractivity contribution in [1.29, 1.82) is 0 Å². The molecular formula is C28H24N2O3. The fourth-order valence-corrected chi connectivity index (χ4v) is 3.38. The van der Waals surface area contributed by atoms with Gasteiger partial charge in [-0.2, -0.15) is 0 Å². The summed E-state index contributed by atoms with van der Waals surface area (Å²) in [5.74, 6) is 0.189. The van der Waals surface area contributed by atoms with Gasteiger partial charge in [0.15, 0.2) is 6.61 Å². The summed E-state index contributed by atoms with van der Waals surface area (Å²) in [6, 6.07) is 32.1. The molecule has 33 heavy (non-hydrogen) atoms. The molecule has 0 bridgehead atoms. The summed E-state index contributed by atoms with van der Waals surface area (Å²) in [4.78, 5) is 24.7. The SMILES string of the molecule is Cc1ccccc1C(=O)Nc1ccc(NC(=O)COc2ccc(-c3ccccc3)cc2)cc1. The Hall–Kier alpha value is -4.38. The largest absolute Gasteiger partial charge is 0.484 e. The van der Waals surface area contributed by atoms with Gasteiger partial charge in [-0.3, -0.25) is 9.59 Å². The van der Waals surface area contributed by atoms with E-state index in [1.807, 2.05) is 79.7 Å². The van der Waals surface area contributed by atoms with Crippen LogP contribution in [-0.4, -0.2) is 18.4 Å². The van der Waals surface area contributed by atoms with Crippen LogP contribution in [0.4, 0.5) is 11.4 Å². The Morgan fingerprint density at radius 2 is 1.24 bits per heavy atom. The lowest BCUT2D eigenvalue weighted by Crippen LogP contribution is -2.20. The zero-order valence-electron chi connectivity index (χ0n) is 18.2. The van der Waals surface area contributed by atoms with Gasteiger partial charge in [0.1, 0.15) is 5.75 Å². The highest BCUT2D eigenvalue weighted by molar-refractivity contribution is 6.05. The lowest BCUT2D eigenvalue weighted by Gasteiger charge is -2.10. The molecule has 4 aromatic carbocycles. The van der Waals surface area contributed by atoms with E-state index in [0.717, 1.165) is 16.7 Å². The van der Waals surface area contributed by atoms with Crippen molar-refractivity contribution in [2.75, 3.05) is 17.2 Å². The average Bonchev–Trinajstić information content (AvgIpc) is 2.85. The Labute approximate surface area is 193 Å². The molecule has 0 heterocycles. The number of nitrogens with one attached hydrogen (secondary N) is 2. The zero-order chi connectivity index (χ0) is 23.0. The Kier molecular flexibility index (Phi) is 6.81. The molecule has 0 unspecified atom stereocenters. The molecule has 4 rings (SSSR count). The van der Waals surface area contributed by atoms with E-state index in [4.69, 9.17) is 4.74 Å². The minimum absolute atomic E-state index is 0.101. The summed E-state index contributed by atoms with van der Waals surface area (Å²) in [7, 11) is 0. The van der Waals surface area contributed by atoms with Crippen LogP contribution in [0.5, 0.6) is 5.75 Å². The van der Waals surface area contributed by atoms with Crippen LogP contribution in [0, 0.1) is 6.92 Å². The van der Waals surface area contributed by atoms with Gasteiger partial charge in [0.05, 0.1) is 0 Å². The summed E-state index contributed by atoms with van der Waals surface area (Å²) < 4.78 is 5.60. The molecule has 0 saturated heterocycles. The minimum Gasteiger partial charge on any atom is -0.484 e. The first-order chi connectivity index (χ1) is 16.1. The predicted molar refractivity (Wildman–Crippen MR) is 132 cm³/mol.